The van der Waals surface area contributed by atoms with Crippen LogP contribution in [0.5, 0.6) is 5.75 Å². The van der Waals surface area contributed by atoms with Gasteiger partial charge in [0, 0.05) is 35.8 Å². The second-order valence-corrected chi connectivity index (χ2v) is 8.10. The highest BCUT2D eigenvalue weighted by Crippen LogP contribution is 2.35. The van der Waals surface area contributed by atoms with Crippen molar-refractivity contribution >= 4 is 23.1 Å². The number of imidazole rings is 1. The molecule has 168 valence electrons. The fourth-order valence-corrected chi connectivity index (χ4v) is 4.33. The van der Waals surface area contributed by atoms with Gasteiger partial charge in [-0.3, -0.25) is 14.1 Å². The summed E-state index contributed by atoms with van der Waals surface area (Å²) in [6.45, 7) is 1.04. The number of ether oxygens (including phenoxy) is 1. The number of carbonyl (C=O) groups is 1. The molecule has 5 rings (SSSR count). The summed E-state index contributed by atoms with van der Waals surface area (Å²) >= 11 is 0. The van der Waals surface area contributed by atoms with Crippen molar-refractivity contribution in [3.8, 4) is 17.0 Å². The molecule has 0 aliphatic carbocycles. The number of aromatic nitrogens is 4. The number of nitrogens with zero attached hydrogens (tertiary/aromatic N) is 5. The van der Waals surface area contributed by atoms with Gasteiger partial charge in [-0.2, -0.15) is 0 Å². The molecule has 1 fully saturated rings. The van der Waals surface area contributed by atoms with Crippen molar-refractivity contribution in [1.82, 2.24) is 24.3 Å². The molecule has 0 saturated carbocycles. The maximum absolute atomic E-state index is 12.7. The summed E-state index contributed by atoms with van der Waals surface area (Å²) < 4.78 is 7.22. The maximum Gasteiger partial charge on any atom is 0.256 e. The molecule has 3 N–H and O–H groups in total. The Morgan fingerprint density at radius 3 is 2.73 bits per heavy atom. The zero-order chi connectivity index (χ0) is 22.9. The molecular formula is C24H25N7O2. The third kappa shape index (κ3) is 3.87. The lowest BCUT2D eigenvalue weighted by Crippen LogP contribution is -2.19. The van der Waals surface area contributed by atoms with Gasteiger partial charge in [0.1, 0.15) is 34.4 Å². The van der Waals surface area contributed by atoms with Crippen LogP contribution in [0.2, 0.25) is 0 Å². The van der Waals surface area contributed by atoms with Gasteiger partial charge in [-0.15, -0.1) is 0 Å². The highest BCUT2D eigenvalue weighted by molar-refractivity contribution is 6.04. The van der Waals surface area contributed by atoms with Crippen LogP contribution in [0.25, 0.3) is 16.8 Å². The van der Waals surface area contributed by atoms with Crippen LogP contribution in [-0.2, 0) is 0 Å². The highest BCUT2D eigenvalue weighted by atomic mass is 16.5. The lowest BCUT2D eigenvalue weighted by molar-refractivity contribution is 0.102. The molecule has 1 atom stereocenters. The number of likely N-dealkylation sites (tertiary alicyclic amines) is 1. The van der Waals surface area contributed by atoms with Gasteiger partial charge in [-0.1, -0.05) is 12.1 Å². The van der Waals surface area contributed by atoms with E-state index >= 15 is 0 Å². The summed E-state index contributed by atoms with van der Waals surface area (Å²) in [7, 11) is 3.69. The van der Waals surface area contributed by atoms with Crippen LogP contribution >= 0.6 is 0 Å². The summed E-state index contributed by atoms with van der Waals surface area (Å²) in [5.74, 6) is 2.18. The van der Waals surface area contributed by atoms with E-state index in [1.807, 2.05) is 22.7 Å². The number of nitrogen functional groups attached to an aromatic ring is 1. The Kier molecular flexibility index (Phi) is 5.39. The van der Waals surface area contributed by atoms with E-state index in [0.717, 1.165) is 42.0 Å². The van der Waals surface area contributed by atoms with Crippen LogP contribution in [0.1, 0.15) is 35.1 Å². The van der Waals surface area contributed by atoms with Gasteiger partial charge in [0.15, 0.2) is 0 Å². The van der Waals surface area contributed by atoms with E-state index in [0.29, 0.717) is 22.9 Å². The molecule has 4 heterocycles. The van der Waals surface area contributed by atoms with Gasteiger partial charge in [0.25, 0.3) is 5.91 Å². The third-order valence-corrected chi connectivity index (χ3v) is 6.06. The summed E-state index contributed by atoms with van der Waals surface area (Å²) in [6, 6.07) is 10.9. The van der Waals surface area contributed by atoms with Crippen LogP contribution < -0.4 is 15.8 Å². The van der Waals surface area contributed by atoms with Crippen LogP contribution in [0.3, 0.4) is 0 Å². The van der Waals surface area contributed by atoms with E-state index in [-0.39, 0.29) is 11.9 Å². The molecule has 0 radical (unpaired) electrons. The molecule has 0 bridgehead atoms. The first-order chi connectivity index (χ1) is 16.0. The summed E-state index contributed by atoms with van der Waals surface area (Å²) in [5, 5.41) is 2.79. The normalized spacial score (nSPS) is 16.2. The number of rotatable bonds is 5. The van der Waals surface area contributed by atoms with E-state index in [2.05, 4.69) is 27.2 Å². The first-order valence-electron chi connectivity index (χ1n) is 10.8. The topological polar surface area (TPSA) is 111 Å². The predicted octanol–water partition coefficient (Wildman–Crippen LogP) is 3.40. The summed E-state index contributed by atoms with van der Waals surface area (Å²) in [6.07, 6.45) is 7.38. The number of amides is 1. The molecule has 1 saturated heterocycles. The number of nitrogens with one attached hydrogen (secondary N) is 1. The zero-order valence-electron chi connectivity index (χ0n) is 18.5. The van der Waals surface area contributed by atoms with Crippen LogP contribution in [0.4, 0.5) is 11.6 Å². The Hall–Kier alpha value is -3.98. The minimum absolute atomic E-state index is 0.230. The SMILES string of the molecule is COc1ccnc(NC(=O)c2ccc(-c3nc([C@@H]4CCCN4C)n4ccnc(N)c34)cc2)c1. The number of hydrogen-bond donors (Lipinski definition) is 2. The molecule has 4 aromatic rings. The van der Waals surface area contributed by atoms with Gasteiger partial charge in [-0.05, 0) is 44.6 Å². The molecule has 33 heavy (non-hydrogen) atoms. The molecular weight excluding hydrogens is 418 g/mol. The van der Waals surface area contributed by atoms with Crippen molar-refractivity contribution in [2.45, 2.75) is 18.9 Å². The van der Waals surface area contributed by atoms with E-state index < -0.39 is 0 Å². The second kappa shape index (κ2) is 8.51. The third-order valence-electron chi connectivity index (χ3n) is 6.06. The molecule has 1 aliphatic heterocycles. The molecule has 1 amide bonds. The molecule has 1 aromatic carbocycles. The van der Waals surface area contributed by atoms with Gasteiger partial charge in [-0.25, -0.2) is 15.0 Å². The van der Waals surface area contributed by atoms with Gasteiger partial charge in [0.05, 0.1) is 13.2 Å². The Balaban J connectivity index is 1.46. The van der Waals surface area contributed by atoms with Crippen molar-refractivity contribution in [2.24, 2.45) is 0 Å². The molecule has 9 nitrogen and oxygen atoms in total. The van der Waals surface area contributed by atoms with Gasteiger partial charge in [0.2, 0.25) is 0 Å². The molecule has 0 spiro atoms. The smallest absolute Gasteiger partial charge is 0.256 e. The standard InChI is InChI=1S/C24H25N7O2/c1-30-12-3-4-18(30)23-29-20(21-22(25)27-11-13-31(21)23)15-5-7-16(8-6-15)24(32)28-19-14-17(33-2)9-10-26-19/h5-11,13-14,18H,3-4,12H2,1-2H3,(H2,25,27)(H,26,28,32)/t18-/m0/s1. The van der Waals surface area contributed by atoms with Crippen molar-refractivity contribution < 1.29 is 9.53 Å². The fraction of sp³-hybridized carbons (Fsp3) is 0.250. The van der Waals surface area contributed by atoms with Crippen LogP contribution in [-0.4, -0.2) is 50.9 Å². The first kappa shape index (κ1) is 20.9. The quantitative estimate of drug-likeness (QED) is 0.486. The minimum Gasteiger partial charge on any atom is -0.497 e. The maximum atomic E-state index is 12.7. The molecule has 9 heteroatoms. The predicted molar refractivity (Wildman–Crippen MR) is 126 cm³/mol. The average Bonchev–Trinajstić information content (AvgIpc) is 3.43. The average molecular weight is 444 g/mol. The number of nitrogens with two attached hydrogens (primary N) is 1. The van der Waals surface area contributed by atoms with E-state index in [4.69, 9.17) is 15.5 Å². The number of fused-ring (bicyclic) bond motifs is 1. The van der Waals surface area contributed by atoms with E-state index in [1.165, 1.54) is 0 Å². The number of anilines is 2. The van der Waals surface area contributed by atoms with Gasteiger partial charge < -0.3 is 15.8 Å². The number of benzene rings is 1. The number of carbonyl (C=O) groups excluding carboxylic acids is 1. The van der Waals surface area contributed by atoms with Crippen LogP contribution in [0.15, 0.2) is 55.0 Å². The second-order valence-electron chi connectivity index (χ2n) is 8.10. The summed E-state index contributed by atoms with van der Waals surface area (Å²) in [5.41, 5.74) is 9.18. The Morgan fingerprint density at radius 1 is 1.18 bits per heavy atom. The van der Waals surface area contributed by atoms with E-state index in [9.17, 15) is 4.79 Å². The molecule has 1 aliphatic rings. The Bertz CT molecular complexity index is 1320. The summed E-state index contributed by atoms with van der Waals surface area (Å²) in [4.78, 5) is 28.4. The monoisotopic (exact) mass is 443 g/mol. The molecule has 0 unspecified atom stereocenters. The largest absolute Gasteiger partial charge is 0.497 e. The zero-order valence-corrected chi connectivity index (χ0v) is 18.5. The fourth-order valence-electron chi connectivity index (χ4n) is 4.33. The van der Waals surface area contributed by atoms with E-state index in [1.54, 1.807) is 43.8 Å². The highest BCUT2D eigenvalue weighted by Gasteiger charge is 2.28. The Morgan fingerprint density at radius 2 is 2.00 bits per heavy atom. The van der Waals surface area contributed by atoms with Crippen molar-refractivity contribution in [3.63, 3.8) is 0 Å². The lowest BCUT2D eigenvalue weighted by atomic mass is 10.1. The van der Waals surface area contributed by atoms with Crippen molar-refractivity contribution in [2.75, 3.05) is 31.8 Å². The minimum atomic E-state index is -0.258. The number of hydrogen-bond acceptors (Lipinski definition) is 7. The van der Waals surface area contributed by atoms with Gasteiger partial charge >= 0.3 is 0 Å². The van der Waals surface area contributed by atoms with Crippen molar-refractivity contribution in [3.05, 3.63) is 66.4 Å². The van der Waals surface area contributed by atoms with Crippen molar-refractivity contribution in [1.29, 1.82) is 0 Å². The van der Waals surface area contributed by atoms with Crippen LogP contribution in [0, 0.1) is 0 Å². The lowest BCUT2D eigenvalue weighted by Gasteiger charge is -2.18. The Labute approximate surface area is 191 Å². The number of pyridine rings is 1. The first-order valence-corrected chi connectivity index (χ1v) is 10.8. The number of methoxy groups -OCH3 is 1. The molecule has 3 aromatic heterocycles.